The predicted molar refractivity (Wildman–Crippen MR) is 92.6 cm³/mol. The lowest BCUT2D eigenvalue weighted by atomic mass is 10.2. The van der Waals surface area contributed by atoms with E-state index in [0.29, 0.717) is 30.9 Å². The Labute approximate surface area is 136 Å². The molecule has 0 bridgehead atoms. The number of anilines is 3. The second-order valence-corrected chi connectivity index (χ2v) is 5.08. The molecule has 4 N–H and O–H groups in total. The first-order chi connectivity index (χ1) is 11.3. The van der Waals surface area contributed by atoms with Crippen molar-refractivity contribution in [2.24, 2.45) is 0 Å². The number of hydrogen-bond acceptors (Lipinski definition) is 7. The number of aliphatic hydroxyl groups excluding tert-OH is 1. The second kappa shape index (κ2) is 9.58. The highest BCUT2D eigenvalue weighted by atomic mass is 16.3. The molecular weight excluding hydrogens is 292 g/mol. The van der Waals surface area contributed by atoms with E-state index < -0.39 is 0 Å². The van der Waals surface area contributed by atoms with Gasteiger partial charge in [0, 0.05) is 19.6 Å². The van der Waals surface area contributed by atoms with Crippen molar-refractivity contribution in [3.63, 3.8) is 0 Å². The number of benzene rings is 1. The highest BCUT2D eigenvalue weighted by molar-refractivity contribution is 5.42. The van der Waals surface area contributed by atoms with Crippen LogP contribution in [0.5, 0.6) is 0 Å². The zero-order chi connectivity index (χ0) is 16.3. The van der Waals surface area contributed by atoms with Crippen LogP contribution in [0.3, 0.4) is 0 Å². The molecule has 0 spiro atoms. The van der Waals surface area contributed by atoms with Gasteiger partial charge in [0.1, 0.15) is 0 Å². The number of nitrogens with zero attached hydrogens (tertiary/aromatic N) is 3. The Hall–Kier alpha value is -2.41. The molecule has 23 heavy (non-hydrogen) atoms. The highest BCUT2D eigenvalue weighted by Crippen LogP contribution is 2.11. The Morgan fingerprint density at radius 3 is 2.09 bits per heavy atom. The molecule has 0 unspecified atom stereocenters. The summed E-state index contributed by atoms with van der Waals surface area (Å²) in [6, 6.07) is 10.1. The van der Waals surface area contributed by atoms with Crippen LogP contribution in [0.25, 0.3) is 0 Å². The summed E-state index contributed by atoms with van der Waals surface area (Å²) in [4.78, 5) is 13.0. The molecule has 0 amide bonds. The lowest BCUT2D eigenvalue weighted by molar-refractivity contribution is 0.311. The molecule has 2 aromatic rings. The summed E-state index contributed by atoms with van der Waals surface area (Å²) in [5, 5.41) is 18.3. The molecule has 0 saturated carbocycles. The van der Waals surface area contributed by atoms with Gasteiger partial charge in [-0.2, -0.15) is 15.0 Å². The van der Waals surface area contributed by atoms with Crippen LogP contribution in [0.15, 0.2) is 30.3 Å². The zero-order valence-corrected chi connectivity index (χ0v) is 13.4. The Morgan fingerprint density at radius 1 is 0.870 bits per heavy atom. The lowest BCUT2D eigenvalue weighted by Gasteiger charge is -2.11. The SMILES string of the molecule is CCCCNc1nc(NCCO)nc(NCc2ccccc2)n1. The molecule has 0 radical (unpaired) electrons. The monoisotopic (exact) mass is 316 g/mol. The average Bonchev–Trinajstić information content (AvgIpc) is 2.59. The van der Waals surface area contributed by atoms with E-state index in [9.17, 15) is 0 Å². The fourth-order valence-electron chi connectivity index (χ4n) is 1.93. The van der Waals surface area contributed by atoms with Crippen LogP contribution in [0.4, 0.5) is 17.8 Å². The fourth-order valence-corrected chi connectivity index (χ4v) is 1.93. The van der Waals surface area contributed by atoms with E-state index >= 15 is 0 Å². The van der Waals surface area contributed by atoms with Crippen LogP contribution >= 0.6 is 0 Å². The molecular formula is C16H24N6O. The topological polar surface area (TPSA) is 95.0 Å². The van der Waals surface area contributed by atoms with Crippen LogP contribution in [-0.4, -0.2) is 39.8 Å². The lowest BCUT2D eigenvalue weighted by Crippen LogP contribution is -2.14. The van der Waals surface area contributed by atoms with Crippen molar-refractivity contribution in [2.75, 3.05) is 35.6 Å². The van der Waals surface area contributed by atoms with E-state index in [1.54, 1.807) is 0 Å². The molecule has 0 saturated heterocycles. The van der Waals surface area contributed by atoms with Gasteiger partial charge in [-0.3, -0.25) is 0 Å². The third-order valence-corrected chi connectivity index (χ3v) is 3.14. The number of aromatic nitrogens is 3. The summed E-state index contributed by atoms with van der Waals surface area (Å²) < 4.78 is 0. The van der Waals surface area contributed by atoms with Gasteiger partial charge >= 0.3 is 0 Å². The first-order valence-corrected chi connectivity index (χ1v) is 7.94. The third kappa shape index (κ3) is 6.07. The van der Waals surface area contributed by atoms with Crippen molar-refractivity contribution < 1.29 is 5.11 Å². The number of unbranched alkanes of at least 4 members (excludes halogenated alkanes) is 1. The van der Waals surface area contributed by atoms with Gasteiger partial charge in [-0.25, -0.2) is 0 Å². The first-order valence-electron chi connectivity index (χ1n) is 7.94. The molecule has 0 aliphatic rings. The van der Waals surface area contributed by atoms with Crippen LogP contribution in [-0.2, 0) is 6.54 Å². The number of rotatable bonds is 10. The van der Waals surface area contributed by atoms with Crippen LogP contribution in [0.1, 0.15) is 25.3 Å². The maximum Gasteiger partial charge on any atom is 0.229 e. The summed E-state index contributed by atoms with van der Waals surface area (Å²) in [5.41, 5.74) is 1.15. The first kappa shape index (κ1) is 17.0. The summed E-state index contributed by atoms with van der Waals surface area (Å²) in [5.74, 6) is 1.48. The van der Waals surface area contributed by atoms with Crippen molar-refractivity contribution in [3.8, 4) is 0 Å². The minimum Gasteiger partial charge on any atom is -0.395 e. The Bertz CT molecular complexity index is 578. The number of aliphatic hydroxyl groups is 1. The van der Waals surface area contributed by atoms with Gasteiger partial charge in [0.05, 0.1) is 6.61 Å². The van der Waals surface area contributed by atoms with Crippen molar-refractivity contribution >= 4 is 17.8 Å². The molecule has 7 nitrogen and oxygen atoms in total. The van der Waals surface area contributed by atoms with E-state index in [0.717, 1.165) is 24.9 Å². The van der Waals surface area contributed by atoms with Crippen LogP contribution in [0, 0.1) is 0 Å². The van der Waals surface area contributed by atoms with Crippen molar-refractivity contribution in [1.82, 2.24) is 15.0 Å². The second-order valence-electron chi connectivity index (χ2n) is 5.08. The summed E-state index contributed by atoms with van der Waals surface area (Å²) in [6.07, 6.45) is 2.16. The van der Waals surface area contributed by atoms with Crippen LogP contribution in [0.2, 0.25) is 0 Å². The summed E-state index contributed by atoms with van der Waals surface area (Å²) in [6.45, 7) is 4.01. The Morgan fingerprint density at radius 2 is 1.48 bits per heavy atom. The normalized spacial score (nSPS) is 10.3. The maximum atomic E-state index is 8.93. The van der Waals surface area contributed by atoms with E-state index in [1.807, 2.05) is 30.3 Å². The predicted octanol–water partition coefficient (Wildman–Crippen LogP) is 2.10. The molecule has 7 heteroatoms. The van der Waals surface area contributed by atoms with E-state index in [-0.39, 0.29) is 6.61 Å². The summed E-state index contributed by atoms with van der Waals surface area (Å²) >= 11 is 0. The largest absolute Gasteiger partial charge is 0.395 e. The van der Waals surface area contributed by atoms with Gasteiger partial charge < -0.3 is 21.1 Å². The standard InChI is InChI=1S/C16H24N6O/c1-2-3-9-17-14-20-15(18-10-11-23)22-16(21-14)19-12-13-7-5-4-6-8-13/h4-8,23H,2-3,9-12H2,1H3,(H3,17,18,19,20,21,22). The molecule has 2 rings (SSSR count). The molecule has 1 aromatic carbocycles. The fraction of sp³-hybridized carbons (Fsp3) is 0.438. The van der Waals surface area contributed by atoms with Gasteiger partial charge in [0.2, 0.25) is 17.8 Å². The summed E-state index contributed by atoms with van der Waals surface area (Å²) in [7, 11) is 0. The molecule has 124 valence electrons. The molecule has 0 aliphatic carbocycles. The minimum absolute atomic E-state index is 0.0249. The van der Waals surface area contributed by atoms with Gasteiger partial charge in [0.25, 0.3) is 0 Å². The van der Waals surface area contributed by atoms with Gasteiger partial charge in [-0.05, 0) is 12.0 Å². The molecule has 1 heterocycles. The van der Waals surface area contributed by atoms with Gasteiger partial charge in [0.15, 0.2) is 0 Å². The van der Waals surface area contributed by atoms with Crippen LogP contribution < -0.4 is 16.0 Å². The van der Waals surface area contributed by atoms with Crippen molar-refractivity contribution in [1.29, 1.82) is 0 Å². The van der Waals surface area contributed by atoms with E-state index in [1.165, 1.54) is 0 Å². The Balaban J connectivity index is 2.04. The third-order valence-electron chi connectivity index (χ3n) is 3.14. The maximum absolute atomic E-state index is 8.93. The smallest absolute Gasteiger partial charge is 0.229 e. The van der Waals surface area contributed by atoms with E-state index in [4.69, 9.17) is 5.11 Å². The van der Waals surface area contributed by atoms with E-state index in [2.05, 4.69) is 37.8 Å². The van der Waals surface area contributed by atoms with Gasteiger partial charge in [-0.1, -0.05) is 43.7 Å². The average molecular weight is 316 g/mol. The minimum atomic E-state index is 0.0249. The molecule has 1 aromatic heterocycles. The molecule has 0 aliphatic heterocycles. The number of hydrogen-bond donors (Lipinski definition) is 4. The van der Waals surface area contributed by atoms with Crippen molar-refractivity contribution in [3.05, 3.63) is 35.9 Å². The quantitative estimate of drug-likeness (QED) is 0.499. The highest BCUT2D eigenvalue weighted by Gasteiger charge is 2.06. The molecule has 0 fully saturated rings. The zero-order valence-electron chi connectivity index (χ0n) is 13.4. The Kier molecular flexibility index (Phi) is 7.06. The van der Waals surface area contributed by atoms with Crippen molar-refractivity contribution in [2.45, 2.75) is 26.3 Å². The molecule has 0 atom stereocenters. The van der Waals surface area contributed by atoms with Gasteiger partial charge in [-0.15, -0.1) is 0 Å². The number of nitrogens with one attached hydrogen (secondary N) is 3.